The number of piperidine rings is 1. The maximum absolute atomic E-state index is 12.1. The summed E-state index contributed by atoms with van der Waals surface area (Å²) in [6.07, 6.45) is 4.20. The van der Waals surface area contributed by atoms with Crippen LogP contribution in [-0.4, -0.2) is 41.7 Å². The Morgan fingerprint density at radius 3 is 2.81 bits per heavy atom. The van der Waals surface area contributed by atoms with E-state index in [1.54, 1.807) is 0 Å². The Hall–Kier alpha value is -1.39. The maximum Gasteiger partial charge on any atom is 0.234 e. The SMILES string of the molecule is Cc1ccc(CNC(=O)CN2CCCCC2CCO)cc1. The Morgan fingerprint density at radius 2 is 2.10 bits per heavy atom. The van der Waals surface area contributed by atoms with Gasteiger partial charge in [0.05, 0.1) is 6.54 Å². The Kier molecular flexibility index (Phi) is 6.21. The van der Waals surface area contributed by atoms with E-state index in [0.29, 0.717) is 19.1 Å². The molecule has 116 valence electrons. The smallest absolute Gasteiger partial charge is 0.234 e. The summed E-state index contributed by atoms with van der Waals surface area (Å²) in [5.41, 5.74) is 2.35. The van der Waals surface area contributed by atoms with Crippen LogP contribution in [0.5, 0.6) is 0 Å². The number of carbonyl (C=O) groups excluding carboxylic acids is 1. The molecule has 0 aliphatic carbocycles. The van der Waals surface area contributed by atoms with Gasteiger partial charge < -0.3 is 10.4 Å². The lowest BCUT2D eigenvalue weighted by Crippen LogP contribution is -2.45. The van der Waals surface area contributed by atoms with Gasteiger partial charge >= 0.3 is 0 Å². The van der Waals surface area contributed by atoms with Crippen LogP contribution in [0.4, 0.5) is 0 Å². The lowest BCUT2D eigenvalue weighted by atomic mass is 10.00. The molecule has 21 heavy (non-hydrogen) atoms. The summed E-state index contributed by atoms with van der Waals surface area (Å²) in [5.74, 6) is 0.0698. The minimum absolute atomic E-state index is 0.0698. The minimum Gasteiger partial charge on any atom is -0.396 e. The molecule has 0 radical (unpaired) electrons. The first-order valence-electron chi connectivity index (χ1n) is 7.86. The summed E-state index contributed by atoms with van der Waals surface area (Å²) in [6.45, 7) is 4.24. The van der Waals surface area contributed by atoms with Gasteiger partial charge in [0.1, 0.15) is 0 Å². The average Bonchev–Trinajstić information content (AvgIpc) is 2.49. The first-order chi connectivity index (χ1) is 10.2. The van der Waals surface area contributed by atoms with E-state index in [2.05, 4.69) is 29.3 Å². The molecular formula is C17H26N2O2. The highest BCUT2D eigenvalue weighted by molar-refractivity contribution is 5.78. The number of aliphatic hydroxyl groups is 1. The molecule has 4 nitrogen and oxygen atoms in total. The quantitative estimate of drug-likeness (QED) is 0.840. The number of aliphatic hydroxyl groups excluding tert-OH is 1. The highest BCUT2D eigenvalue weighted by Crippen LogP contribution is 2.18. The zero-order valence-electron chi connectivity index (χ0n) is 12.8. The highest BCUT2D eigenvalue weighted by Gasteiger charge is 2.23. The first-order valence-corrected chi connectivity index (χ1v) is 7.86. The zero-order valence-corrected chi connectivity index (χ0v) is 12.8. The molecule has 2 N–H and O–H groups in total. The highest BCUT2D eigenvalue weighted by atomic mass is 16.3. The predicted octanol–water partition coefficient (Wildman–Crippen LogP) is 1.85. The average molecular weight is 290 g/mol. The molecule has 4 heteroatoms. The summed E-state index contributed by atoms with van der Waals surface area (Å²) in [5, 5.41) is 12.1. The van der Waals surface area contributed by atoms with E-state index in [1.165, 1.54) is 12.0 Å². The van der Waals surface area contributed by atoms with Crippen LogP contribution in [0.25, 0.3) is 0 Å². The van der Waals surface area contributed by atoms with Crippen molar-refractivity contribution in [3.05, 3.63) is 35.4 Å². The third-order valence-electron chi connectivity index (χ3n) is 4.17. The van der Waals surface area contributed by atoms with E-state index >= 15 is 0 Å². The van der Waals surface area contributed by atoms with E-state index in [4.69, 9.17) is 5.11 Å². The summed E-state index contributed by atoms with van der Waals surface area (Å²) in [4.78, 5) is 14.3. The largest absolute Gasteiger partial charge is 0.396 e. The normalized spacial score (nSPS) is 19.4. The van der Waals surface area contributed by atoms with Crippen molar-refractivity contribution in [2.45, 2.75) is 45.2 Å². The van der Waals surface area contributed by atoms with Crippen molar-refractivity contribution in [3.8, 4) is 0 Å². The van der Waals surface area contributed by atoms with Crippen molar-refractivity contribution < 1.29 is 9.90 Å². The molecule has 1 amide bonds. The van der Waals surface area contributed by atoms with Gasteiger partial charge in [-0.25, -0.2) is 0 Å². The number of likely N-dealkylation sites (tertiary alicyclic amines) is 1. The molecule has 1 unspecified atom stereocenters. The van der Waals surface area contributed by atoms with Crippen LogP contribution in [-0.2, 0) is 11.3 Å². The monoisotopic (exact) mass is 290 g/mol. The summed E-state index contributed by atoms with van der Waals surface area (Å²) < 4.78 is 0. The first kappa shape index (κ1) is 16.0. The van der Waals surface area contributed by atoms with Gasteiger partial charge in [0, 0.05) is 19.2 Å². The van der Waals surface area contributed by atoms with Crippen LogP contribution in [0.1, 0.15) is 36.8 Å². The second-order valence-corrected chi connectivity index (χ2v) is 5.89. The number of amides is 1. The second kappa shape index (κ2) is 8.15. The molecule has 1 aliphatic rings. The number of nitrogens with zero attached hydrogens (tertiary/aromatic N) is 1. The van der Waals surface area contributed by atoms with E-state index < -0.39 is 0 Å². The molecule has 1 aliphatic heterocycles. The van der Waals surface area contributed by atoms with Crippen LogP contribution in [0.3, 0.4) is 0 Å². The van der Waals surface area contributed by atoms with Crippen molar-refractivity contribution >= 4 is 5.91 Å². The maximum atomic E-state index is 12.1. The van der Waals surface area contributed by atoms with Gasteiger partial charge in [0.15, 0.2) is 0 Å². The number of aryl methyl sites for hydroxylation is 1. The number of nitrogens with one attached hydrogen (secondary N) is 1. The third kappa shape index (κ3) is 5.14. The molecule has 1 saturated heterocycles. The van der Waals surface area contributed by atoms with Gasteiger partial charge in [0.2, 0.25) is 5.91 Å². The van der Waals surface area contributed by atoms with E-state index in [1.807, 2.05) is 12.1 Å². The van der Waals surface area contributed by atoms with Crippen LogP contribution >= 0.6 is 0 Å². The molecule has 1 atom stereocenters. The fraction of sp³-hybridized carbons (Fsp3) is 0.588. The van der Waals surface area contributed by atoms with Crippen LogP contribution in [0.15, 0.2) is 24.3 Å². The van der Waals surface area contributed by atoms with Gasteiger partial charge in [-0.05, 0) is 38.3 Å². The Balaban J connectivity index is 1.78. The summed E-state index contributed by atoms with van der Waals surface area (Å²) in [6, 6.07) is 8.57. The van der Waals surface area contributed by atoms with Crippen LogP contribution in [0.2, 0.25) is 0 Å². The molecule has 1 aromatic carbocycles. The van der Waals surface area contributed by atoms with Gasteiger partial charge in [-0.15, -0.1) is 0 Å². The molecule has 1 heterocycles. The molecule has 1 aromatic rings. The Morgan fingerprint density at radius 1 is 1.33 bits per heavy atom. The third-order valence-corrected chi connectivity index (χ3v) is 4.17. The van der Waals surface area contributed by atoms with Crippen molar-refractivity contribution in [2.24, 2.45) is 0 Å². The minimum atomic E-state index is 0.0698. The standard InChI is InChI=1S/C17H26N2O2/c1-14-5-7-15(8-6-14)12-18-17(21)13-19-10-3-2-4-16(19)9-11-20/h5-8,16,20H,2-4,9-13H2,1H3,(H,18,21). The van der Waals surface area contributed by atoms with Crippen molar-refractivity contribution in [1.29, 1.82) is 0 Å². The number of benzene rings is 1. The lowest BCUT2D eigenvalue weighted by molar-refractivity contribution is -0.123. The second-order valence-electron chi connectivity index (χ2n) is 5.89. The number of hydrogen-bond acceptors (Lipinski definition) is 3. The molecule has 0 aromatic heterocycles. The molecule has 0 spiro atoms. The fourth-order valence-electron chi connectivity index (χ4n) is 2.89. The molecule has 0 bridgehead atoms. The Bertz CT molecular complexity index is 443. The van der Waals surface area contributed by atoms with Gasteiger partial charge in [-0.2, -0.15) is 0 Å². The summed E-state index contributed by atoms with van der Waals surface area (Å²) >= 11 is 0. The molecular weight excluding hydrogens is 264 g/mol. The predicted molar refractivity (Wildman–Crippen MR) is 83.9 cm³/mol. The van der Waals surface area contributed by atoms with Crippen molar-refractivity contribution in [2.75, 3.05) is 19.7 Å². The number of rotatable bonds is 6. The lowest BCUT2D eigenvalue weighted by Gasteiger charge is -2.34. The molecule has 0 saturated carbocycles. The van der Waals surface area contributed by atoms with Crippen molar-refractivity contribution in [3.63, 3.8) is 0 Å². The number of hydrogen-bond donors (Lipinski definition) is 2. The van der Waals surface area contributed by atoms with E-state index in [9.17, 15) is 4.79 Å². The van der Waals surface area contributed by atoms with Gasteiger partial charge in [0.25, 0.3) is 0 Å². The topological polar surface area (TPSA) is 52.6 Å². The van der Waals surface area contributed by atoms with E-state index in [-0.39, 0.29) is 12.5 Å². The van der Waals surface area contributed by atoms with E-state index in [0.717, 1.165) is 31.4 Å². The number of carbonyl (C=O) groups is 1. The fourth-order valence-corrected chi connectivity index (χ4v) is 2.89. The van der Waals surface area contributed by atoms with Crippen molar-refractivity contribution in [1.82, 2.24) is 10.2 Å². The summed E-state index contributed by atoms with van der Waals surface area (Å²) in [7, 11) is 0. The zero-order chi connectivity index (χ0) is 15.1. The van der Waals surface area contributed by atoms with Gasteiger partial charge in [-0.3, -0.25) is 9.69 Å². The van der Waals surface area contributed by atoms with Crippen LogP contribution < -0.4 is 5.32 Å². The van der Waals surface area contributed by atoms with Gasteiger partial charge in [-0.1, -0.05) is 36.2 Å². The Labute approximate surface area is 127 Å². The molecule has 2 rings (SSSR count). The van der Waals surface area contributed by atoms with Crippen LogP contribution in [0, 0.1) is 6.92 Å². The molecule has 1 fully saturated rings.